The number of ether oxygens (including phenoxy) is 1. The molecule has 0 aliphatic heterocycles. The Morgan fingerprint density at radius 2 is 2.05 bits per heavy atom. The van der Waals surface area contributed by atoms with E-state index in [-0.39, 0.29) is 5.41 Å². The van der Waals surface area contributed by atoms with Crippen molar-refractivity contribution in [3.63, 3.8) is 0 Å². The lowest BCUT2D eigenvalue weighted by molar-refractivity contribution is -0.116. The van der Waals surface area contributed by atoms with E-state index in [2.05, 4.69) is 25.1 Å². The summed E-state index contributed by atoms with van der Waals surface area (Å²) in [5, 5.41) is 0. The van der Waals surface area contributed by atoms with Crippen molar-refractivity contribution in [1.29, 1.82) is 0 Å². The van der Waals surface area contributed by atoms with Gasteiger partial charge in [-0.1, -0.05) is 18.6 Å². The SMILES string of the molecule is COc1ccc2c(c1)CC[C@H]1[C@H]2CCC2=CC(=O)CC[C@@]21C. The molecule has 1 fully saturated rings. The van der Waals surface area contributed by atoms with Crippen molar-refractivity contribution < 1.29 is 9.53 Å². The van der Waals surface area contributed by atoms with Crippen LogP contribution in [0.2, 0.25) is 0 Å². The number of methoxy groups -OCH3 is 1. The summed E-state index contributed by atoms with van der Waals surface area (Å²) in [6, 6.07) is 6.62. The number of hydrogen-bond acceptors (Lipinski definition) is 2. The van der Waals surface area contributed by atoms with Crippen LogP contribution < -0.4 is 4.74 Å². The fraction of sp³-hybridized carbons (Fsp3) is 0.550. The van der Waals surface area contributed by atoms with Crippen LogP contribution in [0.15, 0.2) is 29.8 Å². The summed E-state index contributed by atoms with van der Waals surface area (Å²) >= 11 is 0. The maximum absolute atomic E-state index is 11.8. The number of ketones is 1. The quantitative estimate of drug-likeness (QED) is 0.766. The van der Waals surface area contributed by atoms with E-state index in [0.29, 0.717) is 17.6 Å². The lowest BCUT2D eigenvalue weighted by Crippen LogP contribution is -2.42. The van der Waals surface area contributed by atoms with E-state index in [9.17, 15) is 4.79 Å². The molecule has 0 radical (unpaired) electrons. The molecule has 2 nitrogen and oxygen atoms in total. The molecule has 2 heteroatoms. The molecule has 4 rings (SSSR count). The smallest absolute Gasteiger partial charge is 0.155 e. The number of allylic oxidation sites excluding steroid dienone is 2. The number of carbonyl (C=O) groups excluding carboxylic acids is 1. The van der Waals surface area contributed by atoms with Crippen LogP contribution in [-0.2, 0) is 11.2 Å². The van der Waals surface area contributed by atoms with Crippen LogP contribution in [0.25, 0.3) is 0 Å². The molecule has 1 saturated carbocycles. The number of carbonyl (C=O) groups is 1. The van der Waals surface area contributed by atoms with Gasteiger partial charge in [0.2, 0.25) is 0 Å². The monoisotopic (exact) mass is 296 g/mol. The second-order valence-corrected chi connectivity index (χ2v) is 7.41. The van der Waals surface area contributed by atoms with Crippen LogP contribution >= 0.6 is 0 Å². The zero-order valence-electron chi connectivity index (χ0n) is 13.5. The van der Waals surface area contributed by atoms with Gasteiger partial charge < -0.3 is 4.74 Å². The molecule has 0 heterocycles. The normalized spacial score (nSPS) is 33.4. The summed E-state index contributed by atoms with van der Waals surface area (Å²) in [7, 11) is 1.74. The molecule has 0 amide bonds. The minimum atomic E-state index is 0.244. The summed E-state index contributed by atoms with van der Waals surface area (Å²) in [6.45, 7) is 2.41. The number of hydrogen-bond donors (Lipinski definition) is 0. The molecule has 0 saturated heterocycles. The fourth-order valence-electron chi connectivity index (χ4n) is 5.20. The average Bonchev–Trinajstić information content (AvgIpc) is 2.54. The Labute approximate surface area is 132 Å². The minimum Gasteiger partial charge on any atom is -0.497 e. The van der Waals surface area contributed by atoms with Gasteiger partial charge in [0.25, 0.3) is 0 Å². The van der Waals surface area contributed by atoms with Crippen molar-refractivity contribution >= 4 is 5.78 Å². The molecule has 116 valence electrons. The first-order valence-corrected chi connectivity index (χ1v) is 8.52. The highest BCUT2D eigenvalue weighted by Gasteiger charge is 2.48. The van der Waals surface area contributed by atoms with Crippen molar-refractivity contribution in [3.05, 3.63) is 41.0 Å². The van der Waals surface area contributed by atoms with E-state index in [1.807, 2.05) is 6.08 Å². The Bertz CT molecular complexity index is 658. The van der Waals surface area contributed by atoms with Crippen LogP contribution in [0.3, 0.4) is 0 Å². The second kappa shape index (κ2) is 4.97. The third-order valence-electron chi connectivity index (χ3n) is 6.46. The predicted octanol–water partition coefficient (Wildman–Crippen LogP) is 4.43. The first-order chi connectivity index (χ1) is 10.6. The van der Waals surface area contributed by atoms with Gasteiger partial charge in [-0.2, -0.15) is 0 Å². The summed E-state index contributed by atoms with van der Waals surface area (Å²) in [4.78, 5) is 11.8. The van der Waals surface area contributed by atoms with Gasteiger partial charge in [0.1, 0.15) is 5.75 Å². The van der Waals surface area contributed by atoms with Crippen LogP contribution in [0, 0.1) is 11.3 Å². The molecular weight excluding hydrogens is 272 g/mol. The third kappa shape index (κ3) is 1.96. The van der Waals surface area contributed by atoms with Crippen LogP contribution in [0.4, 0.5) is 0 Å². The lowest BCUT2D eigenvalue weighted by Gasteiger charge is -2.52. The lowest BCUT2D eigenvalue weighted by atomic mass is 9.52. The predicted molar refractivity (Wildman–Crippen MR) is 87.2 cm³/mol. The summed E-state index contributed by atoms with van der Waals surface area (Å²) in [5.41, 5.74) is 4.69. The molecule has 0 unspecified atom stereocenters. The zero-order chi connectivity index (χ0) is 15.3. The third-order valence-corrected chi connectivity index (χ3v) is 6.46. The maximum Gasteiger partial charge on any atom is 0.155 e. The Morgan fingerprint density at radius 3 is 2.86 bits per heavy atom. The van der Waals surface area contributed by atoms with Gasteiger partial charge in [-0.25, -0.2) is 0 Å². The van der Waals surface area contributed by atoms with Gasteiger partial charge in [-0.05, 0) is 78.7 Å². The standard InChI is InChI=1S/C20H24O2/c1-20-10-9-15(21)12-14(20)4-6-18-17-7-5-16(22-2)11-13(17)3-8-19(18)20/h5,7,11-12,18-19H,3-4,6,8-10H2,1-2H3/t18-,19-,20-/m0/s1. The molecule has 3 aliphatic rings. The highest BCUT2D eigenvalue weighted by molar-refractivity contribution is 5.91. The number of fused-ring (bicyclic) bond motifs is 5. The van der Waals surface area contributed by atoms with Crippen molar-refractivity contribution in [2.75, 3.05) is 7.11 Å². The van der Waals surface area contributed by atoms with E-state index in [0.717, 1.165) is 31.4 Å². The molecule has 0 spiro atoms. The van der Waals surface area contributed by atoms with Gasteiger partial charge in [0.05, 0.1) is 7.11 Å². The van der Waals surface area contributed by atoms with Gasteiger partial charge in [-0.3, -0.25) is 4.79 Å². The number of benzene rings is 1. The van der Waals surface area contributed by atoms with E-state index in [1.54, 1.807) is 7.11 Å². The maximum atomic E-state index is 11.8. The molecular formula is C20H24O2. The first kappa shape index (κ1) is 14.0. The van der Waals surface area contributed by atoms with Crippen molar-refractivity contribution in [2.45, 2.75) is 51.4 Å². The van der Waals surface area contributed by atoms with E-state index in [1.165, 1.54) is 29.5 Å². The topological polar surface area (TPSA) is 26.3 Å². The minimum absolute atomic E-state index is 0.244. The molecule has 1 aromatic rings. The summed E-state index contributed by atoms with van der Waals surface area (Å²) < 4.78 is 5.39. The highest BCUT2D eigenvalue weighted by Crippen LogP contribution is 2.59. The van der Waals surface area contributed by atoms with Gasteiger partial charge >= 0.3 is 0 Å². The van der Waals surface area contributed by atoms with Crippen molar-refractivity contribution in [2.24, 2.45) is 11.3 Å². The Hall–Kier alpha value is -1.57. The van der Waals surface area contributed by atoms with Crippen molar-refractivity contribution in [3.8, 4) is 5.75 Å². The summed E-state index contributed by atoms with van der Waals surface area (Å²) in [6.07, 6.45) is 8.43. The van der Waals surface area contributed by atoms with Crippen LogP contribution in [0.5, 0.6) is 5.75 Å². The van der Waals surface area contributed by atoms with Crippen LogP contribution in [0.1, 0.15) is 56.1 Å². The fourth-order valence-corrected chi connectivity index (χ4v) is 5.20. The molecule has 0 aromatic heterocycles. The largest absolute Gasteiger partial charge is 0.497 e. The van der Waals surface area contributed by atoms with E-state index >= 15 is 0 Å². The van der Waals surface area contributed by atoms with Crippen LogP contribution in [-0.4, -0.2) is 12.9 Å². The second-order valence-electron chi connectivity index (χ2n) is 7.41. The van der Waals surface area contributed by atoms with E-state index in [4.69, 9.17) is 4.74 Å². The summed E-state index contributed by atoms with van der Waals surface area (Å²) in [5.74, 6) is 2.67. The molecule has 3 atom stereocenters. The number of aryl methyl sites for hydroxylation is 1. The Morgan fingerprint density at radius 1 is 1.18 bits per heavy atom. The Kier molecular flexibility index (Phi) is 3.18. The molecule has 1 aromatic carbocycles. The molecule has 22 heavy (non-hydrogen) atoms. The average molecular weight is 296 g/mol. The molecule has 0 N–H and O–H groups in total. The van der Waals surface area contributed by atoms with Crippen molar-refractivity contribution in [1.82, 2.24) is 0 Å². The van der Waals surface area contributed by atoms with Gasteiger partial charge in [-0.15, -0.1) is 0 Å². The molecule has 0 bridgehead atoms. The number of rotatable bonds is 1. The van der Waals surface area contributed by atoms with E-state index < -0.39 is 0 Å². The molecule has 3 aliphatic carbocycles. The van der Waals surface area contributed by atoms with Gasteiger partial charge in [0.15, 0.2) is 5.78 Å². The highest BCUT2D eigenvalue weighted by atomic mass is 16.5. The van der Waals surface area contributed by atoms with Gasteiger partial charge in [0, 0.05) is 6.42 Å². The first-order valence-electron chi connectivity index (χ1n) is 8.52. The Balaban J connectivity index is 1.73. The zero-order valence-corrected chi connectivity index (χ0v) is 13.5.